The minimum Gasteiger partial charge on any atom is -0.324 e. The smallest absolute Gasteiger partial charge is 0.274 e. The Hall–Kier alpha value is -3.21. The average Bonchev–Trinajstić information content (AvgIpc) is 2.69. The number of amides is 1. The highest BCUT2D eigenvalue weighted by Gasteiger charge is 2.12. The number of rotatable bonds is 6. The largest absolute Gasteiger partial charge is 0.324 e. The van der Waals surface area contributed by atoms with E-state index in [2.05, 4.69) is 52.6 Å². The lowest BCUT2D eigenvalue weighted by Gasteiger charge is -2.14. The average molecular weight is 346 g/mol. The third-order valence-electron chi connectivity index (χ3n) is 4.16. The fraction of sp³-hybridized carbons (Fsp3) is 0.190. The Kier molecular flexibility index (Phi) is 5.59. The number of carbonyl (C=O) groups excluding carboxylic acids is 1. The van der Waals surface area contributed by atoms with Gasteiger partial charge in [0.15, 0.2) is 0 Å². The summed E-state index contributed by atoms with van der Waals surface area (Å²) in [5.41, 5.74) is 4.48. The Morgan fingerprint density at radius 3 is 2.27 bits per heavy atom. The maximum atomic E-state index is 12.4. The number of aryl methyl sites for hydroxylation is 2. The molecule has 0 saturated heterocycles. The minimum absolute atomic E-state index is 0.263. The van der Waals surface area contributed by atoms with Gasteiger partial charge in [-0.15, -0.1) is 0 Å². The van der Waals surface area contributed by atoms with E-state index >= 15 is 0 Å². The summed E-state index contributed by atoms with van der Waals surface area (Å²) < 4.78 is 0. The summed E-state index contributed by atoms with van der Waals surface area (Å²) in [5.74, 6) is 0.155. The van der Waals surface area contributed by atoms with Crippen molar-refractivity contribution < 1.29 is 4.79 Å². The van der Waals surface area contributed by atoms with Crippen LogP contribution in [0.3, 0.4) is 0 Å². The molecule has 0 bridgehead atoms. The molecule has 0 aliphatic rings. The van der Waals surface area contributed by atoms with Crippen molar-refractivity contribution in [3.8, 4) is 0 Å². The van der Waals surface area contributed by atoms with Crippen LogP contribution in [0.5, 0.6) is 0 Å². The molecule has 5 nitrogen and oxygen atoms in total. The first-order chi connectivity index (χ1) is 12.7. The molecule has 1 heterocycles. The van der Waals surface area contributed by atoms with Gasteiger partial charge < -0.3 is 10.6 Å². The number of hydrogen-bond acceptors (Lipinski definition) is 4. The maximum absolute atomic E-state index is 12.4. The lowest BCUT2D eigenvalue weighted by atomic mass is 10.0. The number of nitrogens with one attached hydrogen (secondary N) is 2. The molecule has 5 heteroatoms. The van der Waals surface area contributed by atoms with E-state index in [1.54, 1.807) is 12.3 Å². The van der Waals surface area contributed by atoms with Crippen LogP contribution in [0.2, 0.25) is 0 Å². The van der Waals surface area contributed by atoms with E-state index in [0.29, 0.717) is 11.6 Å². The predicted octanol–water partition coefficient (Wildman–Crippen LogP) is 4.60. The molecular formula is C21H22N4O. The molecule has 0 aliphatic heterocycles. The highest BCUT2D eigenvalue weighted by molar-refractivity contribution is 6.02. The van der Waals surface area contributed by atoms with E-state index in [0.717, 1.165) is 24.2 Å². The molecule has 2 N–H and O–H groups in total. The third kappa shape index (κ3) is 4.06. The molecule has 0 fully saturated rings. The normalized spacial score (nSPS) is 10.4. The number of carbonyl (C=O) groups is 1. The van der Waals surface area contributed by atoms with Gasteiger partial charge in [0.25, 0.3) is 5.91 Å². The molecule has 3 aromatic rings. The van der Waals surface area contributed by atoms with Gasteiger partial charge in [-0.1, -0.05) is 50.2 Å². The van der Waals surface area contributed by atoms with Crippen molar-refractivity contribution in [3.05, 3.63) is 77.6 Å². The van der Waals surface area contributed by atoms with Gasteiger partial charge in [0.2, 0.25) is 5.95 Å². The molecular weight excluding hydrogens is 324 g/mol. The van der Waals surface area contributed by atoms with Gasteiger partial charge in [0.1, 0.15) is 5.69 Å². The van der Waals surface area contributed by atoms with Crippen LogP contribution in [0, 0.1) is 0 Å². The number of para-hydroxylation sites is 2. The van der Waals surface area contributed by atoms with Crippen LogP contribution >= 0.6 is 0 Å². The van der Waals surface area contributed by atoms with Gasteiger partial charge in [-0.2, -0.15) is 0 Å². The third-order valence-corrected chi connectivity index (χ3v) is 4.16. The van der Waals surface area contributed by atoms with E-state index in [1.807, 2.05) is 30.3 Å². The summed E-state index contributed by atoms with van der Waals surface area (Å²) in [5, 5.41) is 6.14. The Labute approximate surface area is 153 Å². The zero-order valence-electron chi connectivity index (χ0n) is 15.0. The lowest BCUT2D eigenvalue weighted by molar-refractivity contribution is 0.102. The molecule has 3 rings (SSSR count). The first-order valence-corrected chi connectivity index (χ1v) is 8.78. The summed E-state index contributed by atoms with van der Waals surface area (Å²) in [6, 6.07) is 17.2. The van der Waals surface area contributed by atoms with Crippen molar-refractivity contribution in [2.75, 3.05) is 10.6 Å². The van der Waals surface area contributed by atoms with Crippen LogP contribution in [0.4, 0.5) is 17.3 Å². The summed E-state index contributed by atoms with van der Waals surface area (Å²) in [6.07, 6.45) is 3.41. The van der Waals surface area contributed by atoms with E-state index in [1.165, 1.54) is 11.1 Å². The second-order valence-corrected chi connectivity index (χ2v) is 5.87. The first-order valence-electron chi connectivity index (χ1n) is 8.78. The van der Waals surface area contributed by atoms with Crippen molar-refractivity contribution in [2.45, 2.75) is 26.7 Å². The summed E-state index contributed by atoms with van der Waals surface area (Å²) in [4.78, 5) is 21.1. The molecule has 132 valence electrons. The number of anilines is 3. The molecule has 0 radical (unpaired) electrons. The number of hydrogen-bond donors (Lipinski definition) is 2. The number of aromatic nitrogens is 2. The Bertz CT molecular complexity index is 871. The van der Waals surface area contributed by atoms with E-state index in [-0.39, 0.29) is 5.91 Å². The second kappa shape index (κ2) is 8.25. The van der Waals surface area contributed by atoms with Crippen molar-refractivity contribution in [1.29, 1.82) is 0 Å². The highest BCUT2D eigenvalue weighted by atomic mass is 16.1. The van der Waals surface area contributed by atoms with Gasteiger partial charge in [-0.3, -0.25) is 4.79 Å². The lowest BCUT2D eigenvalue weighted by Crippen LogP contribution is -2.15. The molecule has 0 saturated carbocycles. The monoisotopic (exact) mass is 346 g/mol. The maximum Gasteiger partial charge on any atom is 0.274 e. The Morgan fingerprint density at radius 1 is 0.923 bits per heavy atom. The van der Waals surface area contributed by atoms with Gasteiger partial charge in [-0.05, 0) is 42.2 Å². The van der Waals surface area contributed by atoms with Crippen molar-refractivity contribution in [2.24, 2.45) is 0 Å². The van der Waals surface area contributed by atoms with Gasteiger partial charge in [0.05, 0.1) is 0 Å². The van der Waals surface area contributed by atoms with Crippen LogP contribution in [-0.4, -0.2) is 15.9 Å². The van der Waals surface area contributed by atoms with Gasteiger partial charge >= 0.3 is 0 Å². The van der Waals surface area contributed by atoms with Crippen molar-refractivity contribution in [1.82, 2.24) is 9.97 Å². The molecule has 0 atom stereocenters. The minimum atomic E-state index is -0.263. The zero-order valence-corrected chi connectivity index (χ0v) is 15.0. The van der Waals surface area contributed by atoms with Gasteiger partial charge in [-0.25, -0.2) is 9.97 Å². The number of benzene rings is 2. The van der Waals surface area contributed by atoms with Crippen LogP contribution in [-0.2, 0) is 12.8 Å². The van der Waals surface area contributed by atoms with Crippen LogP contribution < -0.4 is 10.6 Å². The standard InChI is InChI=1S/C21H22N4O/c1-3-15-9-8-10-16(4-2)19(15)25-21-22-14-13-18(24-21)20(26)23-17-11-6-5-7-12-17/h5-14H,3-4H2,1-2H3,(H,23,26)(H,22,24,25). The molecule has 26 heavy (non-hydrogen) atoms. The Morgan fingerprint density at radius 2 is 1.62 bits per heavy atom. The summed E-state index contributed by atoms with van der Waals surface area (Å²) in [6.45, 7) is 4.23. The highest BCUT2D eigenvalue weighted by Crippen LogP contribution is 2.25. The van der Waals surface area contributed by atoms with Crippen molar-refractivity contribution in [3.63, 3.8) is 0 Å². The fourth-order valence-corrected chi connectivity index (χ4v) is 2.78. The first kappa shape index (κ1) is 17.6. The van der Waals surface area contributed by atoms with Gasteiger partial charge in [0, 0.05) is 17.6 Å². The molecule has 1 amide bonds. The summed E-state index contributed by atoms with van der Waals surface area (Å²) >= 11 is 0. The topological polar surface area (TPSA) is 66.9 Å². The molecule has 0 unspecified atom stereocenters. The molecule has 1 aromatic heterocycles. The van der Waals surface area contributed by atoms with E-state index in [9.17, 15) is 4.79 Å². The quantitative estimate of drug-likeness (QED) is 0.685. The van der Waals surface area contributed by atoms with Crippen LogP contribution in [0.25, 0.3) is 0 Å². The SMILES string of the molecule is CCc1cccc(CC)c1Nc1nccc(C(=O)Nc2ccccc2)n1. The van der Waals surface area contributed by atoms with E-state index in [4.69, 9.17) is 0 Å². The molecule has 0 aliphatic carbocycles. The van der Waals surface area contributed by atoms with Crippen molar-refractivity contribution >= 4 is 23.2 Å². The molecule has 2 aromatic carbocycles. The Balaban J connectivity index is 1.83. The van der Waals surface area contributed by atoms with Crippen LogP contribution in [0.15, 0.2) is 60.8 Å². The fourth-order valence-electron chi connectivity index (χ4n) is 2.78. The number of nitrogens with zero attached hydrogens (tertiary/aromatic N) is 2. The predicted molar refractivity (Wildman–Crippen MR) is 105 cm³/mol. The van der Waals surface area contributed by atoms with Crippen LogP contribution in [0.1, 0.15) is 35.5 Å². The van der Waals surface area contributed by atoms with E-state index < -0.39 is 0 Å². The summed E-state index contributed by atoms with van der Waals surface area (Å²) in [7, 11) is 0. The zero-order chi connectivity index (χ0) is 18.4. The second-order valence-electron chi connectivity index (χ2n) is 5.87. The molecule has 0 spiro atoms.